The fourth-order valence-corrected chi connectivity index (χ4v) is 4.26. The molecular formula is C18H34Cl2N4O3. The number of morpholine rings is 1. The van der Waals surface area contributed by atoms with E-state index < -0.39 is 5.54 Å². The molecule has 2 heterocycles. The quantitative estimate of drug-likeness (QED) is 0.680. The second kappa shape index (κ2) is 10.8. The zero-order chi connectivity index (χ0) is 17.9. The number of halogens is 2. The van der Waals surface area contributed by atoms with Crippen LogP contribution in [-0.4, -0.2) is 79.1 Å². The molecule has 3 rings (SSSR count). The van der Waals surface area contributed by atoms with Gasteiger partial charge in [-0.25, -0.2) is 0 Å². The molecule has 0 spiro atoms. The molecule has 0 bridgehead atoms. The van der Waals surface area contributed by atoms with Gasteiger partial charge in [0.15, 0.2) is 0 Å². The number of rotatable bonds is 5. The second-order valence-corrected chi connectivity index (χ2v) is 8.01. The van der Waals surface area contributed by atoms with Crippen molar-refractivity contribution in [1.29, 1.82) is 0 Å². The topological polar surface area (TPSA) is 87.9 Å². The van der Waals surface area contributed by atoms with Crippen molar-refractivity contribution in [3.05, 3.63) is 0 Å². The highest BCUT2D eigenvalue weighted by Gasteiger charge is 2.39. The molecule has 0 aromatic rings. The molecule has 2 amide bonds. The molecular weight excluding hydrogens is 391 g/mol. The first-order valence-electron chi connectivity index (χ1n) is 9.63. The van der Waals surface area contributed by atoms with E-state index in [4.69, 9.17) is 10.5 Å². The summed E-state index contributed by atoms with van der Waals surface area (Å²) in [5.41, 5.74) is 5.90. The first kappa shape index (κ1) is 24.4. The minimum atomic E-state index is -0.430. The zero-order valence-corrected chi connectivity index (χ0v) is 17.8. The Hall–Kier alpha value is -0.600. The number of carbonyl (C=O) groups is 2. The van der Waals surface area contributed by atoms with Gasteiger partial charge < -0.3 is 20.7 Å². The van der Waals surface area contributed by atoms with Crippen molar-refractivity contribution in [2.75, 3.05) is 45.9 Å². The highest BCUT2D eigenvalue weighted by molar-refractivity contribution is 5.85. The van der Waals surface area contributed by atoms with Gasteiger partial charge in [0.1, 0.15) is 0 Å². The van der Waals surface area contributed by atoms with E-state index in [1.165, 1.54) is 0 Å². The molecule has 3 fully saturated rings. The Kier molecular flexibility index (Phi) is 9.79. The Morgan fingerprint density at radius 2 is 1.96 bits per heavy atom. The molecule has 0 radical (unpaired) electrons. The van der Waals surface area contributed by atoms with Crippen LogP contribution in [0.15, 0.2) is 0 Å². The summed E-state index contributed by atoms with van der Waals surface area (Å²) in [7, 11) is 0. The van der Waals surface area contributed by atoms with Crippen LogP contribution in [0, 0.1) is 5.92 Å². The molecule has 7 nitrogen and oxygen atoms in total. The van der Waals surface area contributed by atoms with Crippen molar-refractivity contribution in [3.8, 4) is 0 Å². The van der Waals surface area contributed by atoms with Gasteiger partial charge in [-0.2, -0.15) is 0 Å². The van der Waals surface area contributed by atoms with Crippen molar-refractivity contribution >= 4 is 36.6 Å². The first-order chi connectivity index (χ1) is 12.0. The summed E-state index contributed by atoms with van der Waals surface area (Å²) in [5, 5.41) is 3.09. The third-order valence-electron chi connectivity index (χ3n) is 5.92. The maximum absolute atomic E-state index is 12.6. The van der Waals surface area contributed by atoms with Gasteiger partial charge in [-0.3, -0.25) is 14.5 Å². The van der Waals surface area contributed by atoms with Gasteiger partial charge in [-0.1, -0.05) is 12.8 Å². The van der Waals surface area contributed by atoms with Crippen molar-refractivity contribution in [2.45, 2.75) is 50.6 Å². The average molecular weight is 425 g/mol. The molecule has 2 aliphatic heterocycles. The summed E-state index contributed by atoms with van der Waals surface area (Å²) in [6, 6.07) is -0.0811. The van der Waals surface area contributed by atoms with Gasteiger partial charge in [-0.15, -0.1) is 24.8 Å². The van der Waals surface area contributed by atoms with E-state index in [1.807, 2.05) is 11.8 Å². The van der Waals surface area contributed by atoms with Gasteiger partial charge in [0, 0.05) is 44.7 Å². The van der Waals surface area contributed by atoms with E-state index in [-0.39, 0.29) is 48.6 Å². The molecule has 3 unspecified atom stereocenters. The van der Waals surface area contributed by atoms with Crippen LogP contribution in [0.2, 0.25) is 0 Å². The van der Waals surface area contributed by atoms with Crippen LogP contribution < -0.4 is 11.1 Å². The summed E-state index contributed by atoms with van der Waals surface area (Å²) >= 11 is 0. The van der Waals surface area contributed by atoms with E-state index >= 15 is 0 Å². The Balaban J connectivity index is 0.00000182. The smallest absolute Gasteiger partial charge is 0.225 e. The largest absolute Gasteiger partial charge is 0.379 e. The van der Waals surface area contributed by atoms with Gasteiger partial charge >= 0.3 is 0 Å². The Bertz CT molecular complexity index is 501. The fourth-order valence-electron chi connectivity index (χ4n) is 4.26. The predicted octanol–water partition coefficient (Wildman–Crippen LogP) is 0.787. The predicted molar refractivity (Wildman–Crippen MR) is 109 cm³/mol. The molecule has 27 heavy (non-hydrogen) atoms. The van der Waals surface area contributed by atoms with Crippen molar-refractivity contribution in [1.82, 2.24) is 15.1 Å². The van der Waals surface area contributed by atoms with E-state index in [0.717, 1.165) is 65.1 Å². The van der Waals surface area contributed by atoms with E-state index in [1.54, 1.807) is 0 Å². The molecule has 1 saturated carbocycles. The van der Waals surface area contributed by atoms with Crippen LogP contribution in [0.3, 0.4) is 0 Å². The molecule has 158 valence electrons. The number of carbonyl (C=O) groups excluding carboxylic acids is 2. The Morgan fingerprint density at radius 3 is 2.63 bits per heavy atom. The first-order valence-corrected chi connectivity index (χ1v) is 9.63. The lowest BCUT2D eigenvalue weighted by atomic mass is 9.74. The second-order valence-electron chi connectivity index (χ2n) is 8.01. The lowest BCUT2D eigenvalue weighted by molar-refractivity contribution is -0.128. The van der Waals surface area contributed by atoms with Crippen LogP contribution in [0.5, 0.6) is 0 Å². The Morgan fingerprint density at radius 1 is 1.26 bits per heavy atom. The van der Waals surface area contributed by atoms with Gasteiger partial charge in [-0.05, 0) is 19.8 Å². The van der Waals surface area contributed by atoms with Gasteiger partial charge in [0.05, 0.1) is 25.2 Å². The molecule has 3 N–H and O–H groups in total. The SMILES string of the molecule is CC1(N)CCCCC1C(=O)NC1CC(=O)N(CCN2CCOCC2)C1.Cl.Cl. The van der Waals surface area contributed by atoms with Crippen LogP contribution >= 0.6 is 24.8 Å². The number of amides is 2. The lowest BCUT2D eigenvalue weighted by Crippen LogP contribution is -2.54. The number of ether oxygens (including phenoxy) is 1. The van der Waals surface area contributed by atoms with E-state index in [0.29, 0.717) is 13.0 Å². The van der Waals surface area contributed by atoms with Crippen LogP contribution in [-0.2, 0) is 14.3 Å². The molecule has 3 aliphatic rings. The number of hydrogen-bond donors (Lipinski definition) is 2. The number of hydrogen-bond acceptors (Lipinski definition) is 5. The summed E-state index contributed by atoms with van der Waals surface area (Å²) in [6.07, 6.45) is 4.29. The van der Waals surface area contributed by atoms with Crippen LogP contribution in [0.4, 0.5) is 0 Å². The molecule has 1 aliphatic carbocycles. The standard InChI is InChI=1S/C18H32N4O3.2ClH/c1-18(19)5-3-2-4-15(18)17(24)20-14-12-16(23)22(13-14)7-6-21-8-10-25-11-9-21;;/h14-15H,2-13,19H2,1H3,(H,20,24);2*1H. The summed E-state index contributed by atoms with van der Waals surface area (Å²) in [6.45, 7) is 7.59. The van der Waals surface area contributed by atoms with Crippen LogP contribution in [0.25, 0.3) is 0 Å². The summed E-state index contributed by atoms with van der Waals surface area (Å²) < 4.78 is 5.35. The molecule has 0 aromatic heterocycles. The van der Waals surface area contributed by atoms with Crippen LogP contribution in [0.1, 0.15) is 39.0 Å². The number of nitrogens with zero attached hydrogens (tertiary/aromatic N) is 2. The average Bonchev–Trinajstić information content (AvgIpc) is 2.92. The van der Waals surface area contributed by atoms with E-state index in [9.17, 15) is 9.59 Å². The monoisotopic (exact) mass is 424 g/mol. The lowest BCUT2D eigenvalue weighted by Gasteiger charge is -2.37. The number of likely N-dealkylation sites (tertiary alicyclic amines) is 1. The van der Waals surface area contributed by atoms with Crippen molar-refractivity contribution in [3.63, 3.8) is 0 Å². The maximum Gasteiger partial charge on any atom is 0.225 e. The molecule has 2 saturated heterocycles. The normalized spacial score (nSPS) is 31.8. The minimum absolute atomic E-state index is 0. The zero-order valence-electron chi connectivity index (χ0n) is 16.2. The molecule has 0 aromatic carbocycles. The highest BCUT2D eigenvalue weighted by atomic mass is 35.5. The van der Waals surface area contributed by atoms with Gasteiger partial charge in [0.25, 0.3) is 0 Å². The number of nitrogens with one attached hydrogen (secondary N) is 1. The highest BCUT2D eigenvalue weighted by Crippen LogP contribution is 2.32. The van der Waals surface area contributed by atoms with Gasteiger partial charge in [0.2, 0.25) is 11.8 Å². The molecule has 9 heteroatoms. The Labute approximate surface area is 174 Å². The summed E-state index contributed by atoms with van der Waals surface area (Å²) in [5.74, 6) is 0.0222. The fraction of sp³-hybridized carbons (Fsp3) is 0.889. The maximum atomic E-state index is 12.6. The third-order valence-corrected chi connectivity index (χ3v) is 5.92. The summed E-state index contributed by atoms with van der Waals surface area (Å²) in [4.78, 5) is 29.1. The van der Waals surface area contributed by atoms with E-state index in [2.05, 4.69) is 10.2 Å². The van der Waals surface area contributed by atoms with Crippen molar-refractivity contribution < 1.29 is 14.3 Å². The third kappa shape index (κ3) is 6.46. The number of nitrogens with two attached hydrogens (primary N) is 1. The molecule has 3 atom stereocenters. The van der Waals surface area contributed by atoms with Crippen molar-refractivity contribution in [2.24, 2.45) is 11.7 Å². The minimum Gasteiger partial charge on any atom is -0.379 e.